The van der Waals surface area contributed by atoms with Crippen LogP contribution in [0.25, 0.3) is 11.0 Å². The van der Waals surface area contributed by atoms with Gasteiger partial charge in [-0.3, -0.25) is 9.59 Å². The normalized spacial score (nSPS) is 11.5. The van der Waals surface area contributed by atoms with Crippen molar-refractivity contribution in [2.24, 2.45) is 0 Å². The number of aryl methyl sites for hydroxylation is 1. The van der Waals surface area contributed by atoms with Gasteiger partial charge in [-0.15, -0.1) is 0 Å². The lowest BCUT2D eigenvalue weighted by molar-refractivity contribution is -0.154. The van der Waals surface area contributed by atoms with E-state index in [0.29, 0.717) is 33.6 Å². The molecule has 0 atom stereocenters. The Bertz CT molecular complexity index is 1040. The van der Waals surface area contributed by atoms with E-state index in [0.717, 1.165) is 4.47 Å². The van der Waals surface area contributed by atoms with Gasteiger partial charge in [0.2, 0.25) is 0 Å². The van der Waals surface area contributed by atoms with Gasteiger partial charge in [0, 0.05) is 21.8 Å². The van der Waals surface area contributed by atoms with Crippen LogP contribution in [0.15, 0.2) is 51.4 Å². The van der Waals surface area contributed by atoms with Crippen LogP contribution < -0.4 is 4.74 Å². The number of hydrogen-bond donors (Lipinski definition) is 0. The van der Waals surface area contributed by atoms with E-state index in [2.05, 4.69) is 15.9 Å². The molecule has 3 aromatic rings. The van der Waals surface area contributed by atoms with Gasteiger partial charge in [-0.1, -0.05) is 15.9 Å². The summed E-state index contributed by atoms with van der Waals surface area (Å²) in [5, 5.41) is 0.663. The minimum Gasteiger partial charge on any atom is -0.497 e. The SMILES string of the molecule is COc1ccc2oc(CCC(=O)OC(C)(C)C)c(C(=O)c3ccc(Br)cc3)c2c1. The van der Waals surface area contributed by atoms with Gasteiger partial charge in [0.15, 0.2) is 5.78 Å². The Hall–Kier alpha value is -2.60. The van der Waals surface area contributed by atoms with Crippen LogP contribution in [0.5, 0.6) is 5.75 Å². The average Bonchev–Trinajstić information content (AvgIpc) is 3.02. The smallest absolute Gasteiger partial charge is 0.306 e. The molecule has 0 N–H and O–H groups in total. The number of ether oxygens (including phenoxy) is 2. The molecule has 0 unspecified atom stereocenters. The van der Waals surface area contributed by atoms with Crippen molar-refractivity contribution in [2.75, 3.05) is 7.11 Å². The Morgan fingerprint density at radius 1 is 1.07 bits per heavy atom. The Labute approximate surface area is 178 Å². The quantitative estimate of drug-likeness (QED) is 0.349. The maximum atomic E-state index is 13.3. The van der Waals surface area contributed by atoms with Crippen molar-refractivity contribution >= 4 is 38.7 Å². The molecule has 3 rings (SSSR count). The molecule has 0 amide bonds. The first kappa shape index (κ1) is 21.1. The molecular formula is C23H23BrO5. The number of methoxy groups -OCH3 is 1. The van der Waals surface area contributed by atoms with Gasteiger partial charge in [0.05, 0.1) is 19.1 Å². The number of carbonyl (C=O) groups is 2. The number of carbonyl (C=O) groups excluding carboxylic acids is 2. The zero-order chi connectivity index (χ0) is 21.2. The number of furan rings is 1. The minimum absolute atomic E-state index is 0.120. The fourth-order valence-electron chi connectivity index (χ4n) is 3.03. The van der Waals surface area contributed by atoms with Crippen LogP contribution in [0.2, 0.25) is 0 Å². The van der Waals surface area contributed by atoms with Crippen molar-refractivity contribution in [2.45, 2.75) is 39.2 Å². The number of fused-ring (bicyclic) bond motifs is 1. The number of benzene rings is 2. The van der Waals surface area contributed by atoms with E-state index in [4.69, 9.17) is 13.9 Å². The van der Waals surface area contributed by atoms with Gasteiger partial charge in [0.1, 0.15) is 22.7 Å². The summed E-state index contributed by atoms with van der Waals surface area (Å²) in [5.41, 5.74) is 1.00. The third-order valence-corrected chi connectivity index (χ3v) is 4.81. The zero-order valence-corrected chi connectivity index (χ0v) is 18.5. The molecule has 0 spiro atoms. The molecule has 2 aromatic carbocycles. The van der Waals surface area contributed by atoms with E-state index >= 15 is 0 Å². The van der Waals surface area contributed by atoms with E-state index < -0.39 is 5.60 Å². The Kier molecular flexibility index (Phi) is 6.13. The first-order valence-electron chi connectivity index (χ1n) is 9.29. The summed E-state index contributed by atoms with van der Waals surface area (Å²) >= 11 is 3.38. The Balaban J connectivity index is 2.00. The fourth-order valence-corrected chi connectivity index (χ4v) is 3.30. The Morgan fingerprint density at radius 3 is 2.38 bits per heavy atom. The predicted octanol–water partition coefficient (Wildman–Crippen LogP) is 5.71. The van der Waals surface area contributed by atoms with Crippen molar-refractivity contribution in [3.05, 3.63) is 63.8 Å². The second-order valence-corrected chi connectivity index (χ2v) is 8.60. The maximum absolute atomic E-state index is 13.3. The summed E-state index contributed by atoms with van der Waals surface area (Å²) in [6.07, 6.45) is 0.387. The topological polar surface area (TPSA) is 65.7 Å². The van der Waals surface area contributed by atoms with E-state index in [1.165, 1.54) is 0 Å². The molecule has 152 valence electrons. The van der Waals surface area contributed by atoms with Crippen LogP contribution in [0.3, 0.4) is 0 Å². The monoisotopic (exact) mass is 458 g/mol. The number of ketones is 1. The molecule has 1 aromatic heterocycles. The van der Waals surface area contributed by atoms with Gasteiger partial charge in [-0.05, 0) is 63.2 Å². The van der Waals surface area contributed by atoms with Crippen molar-refractivity contribution < 1.29 is 23.5 Å². The molecule has 0 aliphatic heterocycles. The van der Waals surface area contributed by atoms with Crippen LogP contribution in [-0.2, 0) is 16.0 Å². The van der Waals surface area contributed by atoms with Crippen LogP contribution in [-0.4, -0.2) is 24.5 Å². The van der Waals surface area contributed by atoms with E-state index in [-0.39, 0.29) is 24.6 Å². The highest BCUT2D eigenvalue weighted by Crippen LogP contribution is 2.32. The lowest BCUT2D eigenvalue weighted by Gasteiger charge is -2.19. The highest BCUT2D eigenvalue weighted by Gasteiger charge is 2.24. The van der Waals surface area contributed by atoms with Crippen molar-refractivity contribution in [1.82, 2.24) is 0 Å². The van der Waals surface area contributed by atoms with E-state index in [9.17, 15) is 9.59 Å². The van der Waals surface area contributed by atoms with Crippen LogP contribution >= 0.6 is 15.9 Å². The van der Waals surface area contributed by atoms with Gasteiger partial charge in [-0.25, -0.2) is 0 Å². The fraction of sp³-hybridized carbons (Fsp3) is 0.304. The zero-order valence-electron chi connectivity index (χ0n) is 16.9. The molecular weight excluding hydrogens is 436 g/mol. The molecule has 0 fully saturated rings. The molecule has 0 bridgehead atoms. The molecule has 0 saturated heterocycles. The number of halogens is 1. The molecule has 0 radical (unpaired) electrons. The first-order chi connectivity index (χ1) is 13.7. The average molecular weight is 459 g/mol. The molecule has 6 heteroatoms. The third-order valence-electron chi connectivity index (χ3n) is 4.28. The largest absolute Gasteiger partial charge is 0.497 e. The van der Waals surface area contributed by atoms with Crippen LogP contribution in [0.1, 0.15) is 48.9 Å². The van der Waals surface area contributed by atoms with E-state index in [1.807, 2.05) is 32.9 Å². The minimum atomic E-state index is -0.561. The Morgan fingerprint density at radius 2 is 1.76 bits per heavy atom. The molecule has 5 nitrogen and oxygen atoms in total. The summed E-state index contributed by atoms with van der Waals surface area (Å²) in [6, 6.07) is 12.5. The number of rotatable bonds is 6. The van der Waals surface area contributed by atoms with Gasteiger partial charge < -0.3 is 13.9 Å². The molecule has 0 aliphatic carbocycles. The van der Waals surface area contributed by atoms with Crippen LogP contribution in [0, 0.1) is 0 Å². The molecule has 29 heavy (non-hydrogen) atoms. The molecule has 0 aliphatic rings. The third kappa shape index (κ3) is 5.07. The van der Waals surface area contributed by atoms with Crippen molar-refractivity contribution in [1.29, 1.82) is 0 Å². The van der Waals surface area contributed by atoms with E-state index in [1.54, 1.807) is 37.4 Å². The van der Waals surface area contributed by atoms with Gasteiger partial charge in [0.25, 0.3) is 0 Å². The van der Waals surface area contributed by atoms with Crippen molar-refractivity contribution in [3.8, 4) is 5.75 Å². The lowest BCUT2D eigenvalue weighted by Crippen LogP contribution is -2.24. The second-order valence-electron chi connectivity index (χ2n) is 7.68. The first-order valence-corrected chi connectivity index (χ1v) is 10.1. The van der Waals surface area contributed by atoms with Gasteiger partial charge in [-0.2, -0.15) is 0 Å². The molecule has 0 saturated carbocycles. The standard InChI is InChI=1S/C23H23BrO5/c1-23(2,3)29-20(25)12-11-19-21(22(26)14-5-7-15(24)8-6-14)17-13-16(27-4)9-10-18(17)28-19/h5-10,13H,11-12H2,1-4H3. The highest BCUT2D eigenvalue weighted by atomic mass is 79.9. The van der Waals surface area contributed by atoms with Crippen LogP contribution in [0.4, 0.5) is 0 Å². The molecule has 1 heterocycles. The summed E-state index contributed by atoms with van der Waals surface area (Å²) in [6.45, 7) is 5.46. The van der Waals surface area contributed by atoms with Crippen molar-refractivity contribution in [3.63, 3.8) is 0 Å². The number of esters is 1. The summed E-state index contributed by atoms with van der Waals surface area (Å²) < 4.78 is 17.5. The summed E-state index contributed by atoms with van der Waals surface area (Å²) in [7, 11) is 1.57. The lowest BCUT2D eigenvalue weighted by atomic mass is 9.98. The summed E-state index contributed by atoms with van der Waals surface area (Å²) in [5.74, 6) is 0.593. The number of hydrogen-bond acceptors (Lipinski definition) is 5. The maximum Gasteiger partial charge on any atom is 0.306 e. The predicted molar refractivity (Wildman–Crippen MR) is 115 cm³/mol. The van der Waals surface area contributed by atoms with Gasteiger partial charge >= 0.3 is 5.97 Å². The summed E-state index contributed by atoms with van der Waals surface area (Å²) in [4.78, 5) is 25.5. The highest BCUT2D eigenvalue weighted by molar-refractivity contribution is 9.10. The second kappa shape index (κ2) is 8.41.